The third-order valence-electron chi connectivity index (χ3n) is 4.12. The predicted molar refractivity (Wildman–Crippen MR) is 88.8 cm³/mol. The third kappa shape index (κ3) is 6.10. The summed E-state index contributed by atoms with van der Waals surface area (Å²) in [5.41, 5.74) is 6.00. The molecule has 1 unspecified atom stereocenters. The molecule has 1 aliphatic heterocycles. The van der Waals surface area contributed by atoms with Crippen molar-refractivity contribution in [3.8, 4) is 0 Å². The first-order chi connectivity index (χ1) is 9.51. The number of nitrogens with two attached hydrogens (primary N) is 1. The van der Waals surface area contributed by atoms with Crippen molar-refractivity contribution in [2.24, 2.45) is 11.7 Å². The number of methoxy groups -OCH3 is 1. The van der Waals surface area contributed by atoms with Gasteiger partial charge in [-0.05, 0) is 12.3 Å². The molecule has 5 nitrogen and oxygen atoms in total. The first kappa shape index (κ1) is 20.6. The van der Waals surface area contributed by atoms with Crippen LogP contribution in [0.15, 0.2) is 0 Å². The summed E-state index contributed by atoms with van der Waals surface area (Å²) in [6.45, 7) is 10.4. The van der Waals surface area contributed by atoms with E-state index in [1.807, 2.05) is 18.7 Å². The summed E-state index contributed by atoms with van der Waals surface area (Å²) in [7, 11) is 1.73. The summed E-state index contributed by atoms with van der Waals surface area (Å²) in [4.78, 5) is 16.8. The zero-order chi connectivity index (χ0) is 15.1. The highest BCUT2D eigenvalue weighted by atomic mass is 35.5. The Hall–Kier alpha value is -0.360. The first-order valence-corrected chi connectivity index (χ1v) is 7.78. The van der Waals surface area contributed by atoms with Gasteiger partial charge < -0.3 is 15.4 Å². The molecular formula is C15H32ClN3O2. The Morgan fingerprint density at radius 3 is 2.57 bits per heavy atom. The van der Waals surface area contributed by atoms with Gasteiger partial charge in [0, 0.05) is 39.3 Å². The van der Waals surface area contributed by atoms with Crippen LogP contribution in [0.4, 0.5) is 0 Å². The largest absolute Gasteiger partial charge is 0.383 e. The molecule has 1 heterocycles. The SMILES string of the molecule is CCCC1CN(C(=O)[C@@H](N)C(C)C)CCN1CCOC.Cl. The summed E-state index contributed by atoms with van der Waals surface area (Å²) in [6.07, 6.45) is 2.25. The number of nitrogens with zero attached hydrogens (tertiary/aromatic N) is 2. The van der Waals surface area contributed by atoms with Crippen LogP contribution in [0, 0.1) is 5.92 Å². The van der Waals surface area contributed by atoms with Crippen LogP contribution in [-0.2, 0) is 9.53 Å². The Labute approximate surface area is 135 Å². The van der Waals surface area contributed by atoms with Crippen molar-refractivity contribution in [2.75, 3.05) is 39.9 Å². The lowest BCUT2D eigenvalue weighted by Crippen LogP contribution is -2.58. The van der Waals surface area contributed by atoms with Gasteiger partial charge in [-0.15, -0.1) is 12.4 Å². The number of rotatable bonds is 7. The van der Waals surface area contributed by atoms with E-state index in [4.69, 9.17) is 10.5 Å². The molecule has 0 aromatic rings. The molecule has 0 aromatic heterocycles. The Morgan fingerprint density at radius 1 is 1.38 bits per heavy atom. The minimum atomic E-state index is -0.372. The van der Waals surface area contributed by atoms with Crippen molar-refractivity contribution < 1.29 is 9.53 Å². The second-order valence-corrected chi connectivity index (χ2v) is 6.03. The molecule has 1 aliphatic rings. The number of piperazine rings is 1. The van der Waals surface area contributed by atoms with Crippen LogP contribution in [0.2, 0.25) is 0 Å². The smallest absolute Gasteiger partial charge is 0.239 e. The van der Waals surface area contributed by atoms with Gasteiger partial charge in [-0.2, -0.15) is 0 Å². The van der Waals surface area contributed by atoms with Gasteiger partial charge in [0.05, 0.1) is 12.6 Å². The molecule has 0 aliphatic carbocycles. The number of halogens is 1. The van der Waals surface area contributed by atoms with Gasteiger partial charge in [0.2, 0.25) is 5.91 Å². The van der Waals surface area contributed by atoms with Gasteiger partial charge in [0.15, 0.2) is 0 Å². The van der Waals surface area contributed by atoms with Crippen molar-refractivity contribution in [2.45, 2.75) is 45.7 Å². The number of carbonyl (C=O) groups is 1. The van der Waals surface area contributed by atoms with E-state index < -0.39 is 0 Å². The Bertz CT molecular complexity index is 303. The molecule has 1 amide bonds. The minimum absolute atomic E-state index is 0. The van der Waals surface area contributed by atoms with Gasteiger partial charge >= 0.3 is 0 Å². The Balaban J connectivity index is 0.00000400. The lowest BCUT2D eigenvalue weighted by Gasteiger charge is -2.42. The minimum Gasteiger partial charge on any atom is -0.383 e. The maximum absolute atomic E-state index is 12.4. The molecule has 0 aromatic carbocycles. The molecule has 1 saturated heterocycles. The first-order valence-electron chi connectivity index (χ1n) is 7.78. The fourth-order valence-corrected chi connectivity index (χ4v) is 2.70. The van der Waals surface area contributed by atoms with Crippen LogP contribution in [-0.4, -0.2) is 67.7 Å². The van der Waals surface area contributed by atoms with Crippen LogP contribution < -0.4 is 5.73 Å². The monoisotopic (exact) mass is 321 g/mol. The maximum Gasteiger partial charge on any atom is 0.239 e. The molecule has 2 atom stereocenters. The van der Waals surface area contributed by atoms with Gasteiger partial charge in [-0.25, -0.2) is 0 Å². The molecule has 0 bridgehead atoms. The number of hydrogen-bond donors (Lipinski definition) is 1. The van der Waals surface area contributed by atoms with Crippen LogP contribution in [0.5, 0.6) is 0 Å². The number of hydrogen-bond acceptors (Lipinski definition) is 4. The molecule has 1 fully saturated rings. The second kappa shape index (κ2) is 10.4. The molecule has 2 N–H and O–H groups in total. The van der Waals surface area contributed by atoms with E-state index >= 15 is 0 Å². The van der Waals surface area contributed by atoms with Crippen LogP contribution in [0.3, 0.4) is 0 Å². The van der Waals surface area contributed by atoms with Crippen LogP contribution in [0.25, 0.3) is 0 Å². The summed E-state index contributed by atoms with van der Waals surface area (Å²) >= 11 is 0. The number of amides is 1. The molecule has 21 heavy (non-hydrogen) atoms. The number of carbonyl (C=O) groups excluding carboxylic acids is 1. The van der Waals surface area contributed by atoms with E-state index in [9.17, 15) is 4.79 Å². The van der Waals surface area contributed by atoms with Gasteiger partial charge in [-0.3, -0.25) is 9.69 Å². The summed E-state index contributed by atoms with van der Waals surface area (Å²) in [5, 5.41) is 0. The second-order valence-electron chi connectivity index (χ2n) is 6.03. The van der Waals surface area contributed by atoms with Crippen molar-refractivity contribution >= 4 is 18.3 Å². The van der Waals surface area contributed by atoms with Gasteiger partial charge in [0.1, 0.15) is 0 Å². The lowest BCUT2D eigenvalue weighted by atomic mass is 10.0. The fourth-order valence-electron chi connectivity index (χ4n) is 2.70. The van der Waals surface area contributed by atoms with Crippen molar-refractivity contribution in [3.05, 3.63) is 0 Å². The van der Waals surface area contributed by atoms with Gasteiger partial charge in [-0.1, -0.05) is 27.2 Å². The Morgan fingerprint density at radius 2 is 2.05 bits per heavy atom. The molecule has 0 saturated carbocycles. The molecule has 6 heteroatoms. The zero-order valence-corrected chi connectivity index (χ0v) is 14.7. The van der Waals surface area contributed by atoms with E-state index in [1.54, 1.807) is 7.11 Å². The quantitative estimate of drug-likeness (QED) is 0.769. The van der Waals surface area contributed by atoms with E-state index in [1.165, 1.54) is 0 Å². The van der Waals surface area contributed by atoms with Crippen LogP contribution in [0.1, 0.15) is 33.6 Å². The van der Waals surface area contributed by atoms with E-state index in [0.717, 1.165) is 45.6 Å². The third-order valence-corrected chi connectivity index (χ3v) is 4.12. The normalized spacial score (nSPS) is 21.2. The van der Waals surface area contributed by atoms with Crippen molar-refractivity contribution in [3.63, 3.8) is 0 Å². The lowest BCUT2D eigenvalue weighted by molar-refractivity contribution is -0.136. The topological polar surface area (TPSA) is 58.8 Å². The maximum atomic E-state index is 12.4. The van der Waals surface area contributed by atoms with Crippen LogP contribution >= 0.6 is 12.4 Å². The highest BCUT2D eigenvalue weighted by molar-refractivity contribution is 5.85. The highest BCUT2D eigenvalue weighted by Gasteiger charge is 2.31. The zero-order valence-electron chi connectivity index (χ0n) is 13.9. The molecule has 126 valence electrons. The van der Waals surface area contributed by atoms with Gasteiger partial charge in [0.25, 0.3) is 0 Å². The van der Waals surface area contributed by atoms with Crippen molar-refractivity contribution in [1.82, 2.24) is 9.80 Å². The molecule has 0 radical (unpaired) electrons. The summed E-state index contributed by atoms with van der Waals surface area (Å²) in [5.74, 6) is 0.297. The molecular weight excluding hydrogens is 290 g/mol. The van der Waals surface area contributed by atoms with E-state index in [2.05, 4.69) is 11.8 Å². The van der Waals surface area contributed by atoms with Crippen molar-refractivity contribution in [1.29, 1.82) is 0 Å². The average molecular weight is 322 g/mol. The Kier molecular flexibility index (Phi) is 10.2. The highest BCUT2D eigenvalue weighted by Crippen LogP contribution is 2.16. The molecule has 0 spiro atoms. The van der Waals surface area contributed by atoms with E-state index in [0.29, 0.717) is 6.04 Å². The van der Waals surface area contributed by atoms with E-state index in [-0.39, 0.29) is 30.3 Å². The summed E-state index contributed by atoms with van der Waals surface area (Å²) < 4.78 is 5.17. The fraction of sp³-hybridized carbons (Fsp3) is 0.933. The molecule has 1 rings (SSSR count). The predicted octanol–water partition coefficient (Wildman–Crippen LogP) is 1.35. The average Bonchev–Trinajstić information content (AvgIpc) is 2.44. The number of ether oxygens (including phenoxy) is 1. The summed E-state index contributed by atoms with van der Waals surface area (Å²) in [6, 6.07) is 0.0648. The standard InChI is InChI=1S/C15H31N3O2.ClH/c1-5-6-13-11-18(15(19)14(16)12(2)3)8-7-17(13)9-10-20-4;/h12-14H,5-11,16H2,1-4H3;1H/t13?,14-;/m0./s1.